The molecule has 1 aliphatic heterocycles. The second-order valence-electron chi connectivity index (χ2n) is 6.73. The van der Waals surface area contributed by atoms with Gasteiger partial charge in [-0.05, 0) is 51.8 Å². The third-order valence-electron chi connectivity index (χ3n) is 3.62. The summed E-state index contributed by atoms with van der Waals surface area (Å²) in [6.45, 7) is 6.87. The molecule has 0 saturated carbocycles. The van der Waals surface area contributed by atoms with Crippen LogP contribution in [0.5, 0.6) is 0 Å². The summed E-state index contributed by atoms with van der Waals surface area (Å²) in [7, 11) is 1.34. The average Bonchev–Trinajstić information content (AvgIpc) is 2.54. The molecule has 1 aromatic heterocycles. The quantitative estimate of drug-likeness (QED) is 0.777. The Morgan fingerprint density at radius 2 is 1.88 bits per heavy atom. The molecule has 0 radical (unpaired) electrons. The van der Waals surface area contributed by atoms with E-state index >= 15 is 0 Å². The molecule has 24 heavy (non-hydrogen) atoms. The van der Waals surface area contributed by atoms with Crippen molar-refractivity contribution >= 4 is 18.1 Å². The lowest BCUT2D eigenvalue weighted by Crippen LogP contribution is -2.40. The molecule has 0 unspecified atom stereocenters. The van der Waals surface area contributed by atoms with Crippen LogP contribution in [-0.4, -0.2) is 47.7 Å². The second kappa shape index (κ2) is 7.47. The van der Waals surface area contributed by atoms with Crippen molar-refractivity contribution in [1.82, 2.24) is 9.88 Å². The topological polar surface area (TPSA) is 68.7 Å². The molecule has 0 bridgehead atoms. The van der Waals surface area contributed by atoms with E-state index in [9.17, 15) is 9.59 Å². The van der Waals surface area contributed by atoms with Gasteiger partial charge < -0.3 is 14.4 Å². The van der Waals surface area contributed by atoms with Crippen molar-refractivity contribution in [3.05, 3.63) is 35.2 Å². The minimum atomic E-state index is -0.474. The summed E-state index contributed by atoms with van der Waals surface area (Å²) < 4.78 is 10.0. The number of methoxy groups -OCH3 is 1. The molecule has 130 valence electrons. The number of carbonyl (C=O) groups excluding carboxylic acids is 2. The Balaban J connectivity index is 1.93. The van der Waals surface area contributed by atoms with Crippen LogP contribution in [0, 0.1) is 0 Å². The summed E-state index contributed by atoms with van der Waals surface area (Å²) in [6, 6.07) is 3.49. The summed E-state index contributed by atoms with van der Waals surface area (Å²) in [5, 5.41) is 0. The van der Waals surface area contributed by atoms with Crippen molar-refractivity contribution in [2.45, 2.75) is 39.2 Å². The van der Waals surface area contributed by atoms with Crippen LogP contribution in [0.2, 0.25) is 0 Å². The largest absolute Gasteiger partial charge is 0.465 e. The van der Waals surface area contributed by atoms with Crippen LogP contribution in [0.25, 0.3) is 6.08 Å². The normalized spacial score (nSPS) is 15.0. The predicted octanol–water partition coefficient (Wildman–Crippen LogP) is 3.28. The standard InChI is InChI=1S/C18H24N2O4/c1-18(2,3)24-17(22)20-9-7-13(8-10-20)11-15-6-5-14(12-19-15)16(21)23-4/h5-6,11-12H,7-10H2,1-4H3. The molecule has 0 aliphatic carbocycles. The number of pyridine rings is 1. The smallest absolute Gasteiger partial charge is 0.410 e. The van der Waals surface area contributed by atoms with Gasteiger partial charge in [0.15, 0.2) is 0 Å². The molecule has 0 atom stereocenters. The summed E-state index contributed by atoms with van der Waals surface area (Å²) >= 11 is 0. The lowest BCUT2D eigenvalue weighted by Gasteiger charge is -2.31. The van der Waals surface area contributed by atoms with Gasteiger partial charge in [-0.3, -0.25) is 4.98 Å². The number of hydrogen-bond acceptors (Lipinski definition) is 5. The molecule has 1 saturated heterocycles. The number of nitrogens with zero attached hydrogens (tertiary/aromatic N) is 2. The fourth-order valence-electron chi connectivity index (χ4n) is 2.39. The minimum Gasteiger partial charge on any atom is -0.465 e. The number of aromatic nitrogens is 1. The van der Waals surface area contributed by atoms with Crippen LogP contribution < -0.4 is 0 Å². The monoisotopic (exact) mass is 332 g/mol. The van der Waals surface area contributed by atoms with Gasteiger partial charge in [-0.2, -0.15) is 0 Å². The van der Waals surface area contributed by atoms with E-state index in [1.807, 2.05) is 26.8 Å². The van der Waals surface area contributed by atoms with Crippen LogP contribution >= 0.6 is 0 Å². The first-order chi connectivity index (χ1) is 11.3. The van der Waals surface area contributed by atoms with Crippen LogP contribution in [0.1, 0.15) is 49.7 Å². The van der Waals surface area contributed by atoms with Crippen molar-refractivity contribution in [2.75, 3.05) is 20.2 Å². The Labute approximate surface area is 142 Å². The lowest BCUT2D eigenvalue weighted by molar-refractivity contribution is 0.0236. The fraction of sp³-hybridized carbons (Fsp3) is 0.500. The summed E-state index contributed by atoms with van der Waals surface area (Å²) in [4.78, 5) is 29.4. The molecule has 1 fully saturated rings. The fourth-order valence-corrected chi connectivity index (χ4v) is 2.39. The highest BCUT2D eigenvalue weighted by Crippen LogP contribution is 2.21. The van der Waals surface area contributed by atoms with Gasteiger partial charge >= 0.3 is 12.1 Å². The highest BCUT2D eigenvalue weighted by molar-refractivity contribution is 5.89. The van der Waals surface area contributed by atoms with Gasteiger partial charge in [0.05, 0.1) is 18.4 Å². The molecule has 1 amide bonds. The molecule has 2 rings (SSSR count). The van der Waals surface area contributed by atoms with E-state index in [0.717, 1.165) is 18.5 Å². The van der Waals surface area contributed by atoms with E-state index in [0.29, 0.717) is 18.7 Å². The first kappa shape index (κ1) is 18.0. The summed E-state index contributed by atoms with van der Waals surface area (Å²) in [5.41, 5.74) is 1.98. The maximum absolute atomic E-state index is 12.0. The van der Waals surface area contributed by atoms with Crippen LogP contribution in [0.4, 0.5) is 4.79 Å². The number of hydrogen-bond donors (Lipinski definition) is 0. The van der Waals surface area contributed by atoms with Crippen molar-refractivity contribution in [3.8, 4) is 0 Å². The number of amides is 1. The Kier molecular flexibility index (Phi) is 5.59. The molecule has 0 N–H and O–H groups in total. The van der Waals surface area contributed by atoms with E-state index in [-0.39, 0.29) is 6.09 Å². The molecule has 6 nitrogen and oxygen atoms in total. The van der Waals surface area contributed by atoms with Crippen molar-refractivity contribution in [3.63, 3.8) is 0 Å². The average molecular weight is 332 g/mol. The third-order valence-corrected chi connectivity index (χ3v) is 3.62. The van der Waals surface area contributed by atoms with Gasteiger partial charge in [0, 0.05) is 19.3 Å². The molecule has 1 aromatic rings. The molecule has 0 spiro atoms. The maximum atomic E-state index is 12.0. The van der Waals surface area contributed by atoms with Gasteiger partial charge in [-0.15, -0.1) is 0 Å². The number of ether oxygens (including phenoxy) is 2. The number of esters is 1. The summed E-state index contributed by atoms with van der Waals surface area (Å²) in [6.07, 6.45) is 4.84. The Morgan fingerprint density at radius 3 is 2.38 bits per heavy atom. The first-order valence-corrected chi connectivity index (χ1v) is 8.00. The van der Waals surface area contributed by atoms with Crippen LogP contribution in [-0.2, 0) is 9.47 Å². The van der Waals surface area contributed by atoms with E-state index in [1.54, 1.807) is 17.0 Å². The second-order valence-corrected chi connectivity index (χ2v) is 6.73. The van der Waals surface area contributed by atoms with Gasteiger partial charge in [0.1, 0.15) is 5.60 Å². The zero-order valence-electron chi connectivity index (χ0n) is 14.7. The number of likely N-dealkylation sites (tertiary alicyclic amines) is 1. The Bertz CT molecular complexity index is 619. The molecular weight excluding hydrogens is 308 g/mol. The van der Waals surface area contributed by atoms with Gasteiger partial charge in [0.25, 0.3) is 0 Å². The van der Waals surface area contributed by atoms with Gasteiger partial charge in [0.2, 0.25) is 0 Å². The summed E-state index contributed by atoms with van der Waals surface area (Å²) in [5.74, 6) is -0.396. The third kappa shape index (κ3) is 5.08. The Morgan fingerprint density at radius 1 is 1.21 bits per heavy atom. The molecule has 0 aromatic carbocycles. The predicted molar refractivity (Wildman–Crippen MR) is 90.6 cm³/mol. The highest BCUT2D eigenvalue weighted by Gasteiger charge is 2.24. The zero-order valence-corrected chi connectivity index (χ0v) is 14.7. The highest BCUT2D eigenvalue weighted by atomic mass is 16.6. The number of rotatable bonds is 2. The van der Waals surface area contributed by atoms with Gasteiger partial charge in [-0.1, -0.05) is 5.57 Å². The van der Waals surface area contributed by atoms with E-state index < -0.39 is 11.6 Å². The van der Waals surface area contributed by atoms with E-state index in [2.05, 4.69) is 9.72 Å². The molecule has 6 heteroatoms. The van der Waals surface area contributed by atoms with Gasteiger partial charge in [-0.25, -0.2) is 9.59 Å². The zero-order chi connectivity index (χ0) is 17.7. The van der Waals surface area contributed by atoms with Crippen molar-refractivity contribution < 1.29 is 19.1 Å². The van der Waals surface area contributed by atoms with Crippen molar-refractivity contribution in [1.29, 1.82) is 0 Å². The first-order valence-electron chi connectivity index (χ1n) is 8.00. The van der Waals surface area contributed by atoms with E-state index in [1.165, 1.54) is 18.9 Å². The van der Waals surface area contributed by atoms with Crippen LogP contribution in [0.3, 0.4) is 0 Å². The number of carbonyl (C=O) groups is 2. The maximum Gasteiger partial charge on any atom is 0.410 e. The van der Waals surface area contributed by atoms with Crippen LogP contribution in [0.15, 0.2) is 23.9 Å². The lowest BCUT2D eigenvalue weighted by atomic mass is 10.0. The number of piperidine rings is 1. The molecule has 1 aliphatic rings. The van der Waals surface area contributed by atoms with Crippen molar-refractivity contribution in [2.24, 2.45) is 0 Å². The minimum absolute atomic E-state index is 0.262. The Hall–Kier alpha value is -2.37. The molecular formula is C18H24N2O4. The van der Waals surface area contributed by atoms with E-state index in [4.69, 9.17) is 4.74 Å². The molecule has 2 heterocycles. The SMILES string of the molecule is COC(=O)c1ccc(C=C2CCN(C(=O)OC(C)(C)C)CC2)nc1.